The summed E-state index contributed by atoms with van der Waals surface area (Å²) >= 11 is 4.61. The number of unbranched alkanes of at least 4 members (excludes halogenated alkanes) is 6. The molecule has 0 fully saturated rings. The topological polar surface area (TPSA) is 34.1 Å². The summed E-state index contributed by atoms with van der Waals surface area (Å²) in [7, 11) is 0. The van der Waals surface area contributed by atoms with Crippen LogP contribution in [0.4, 0.5) is 0 Å². The lowest BCUT2D eigenvalue weighted by Crippen LogP contribution is -2.26. The molecule has 5 rings (SSSR count). The van der Waals surface area contributed by atoms with Crippen molar-refractivity contribution in [2.45, 2.75) is 78.1 Å². The van der Waals surface area contributed by atoms with Gasteiger partial charge in [0.25, 0.3) is 0 Å². The number of fused-ring (bicyclic) bond motifs is 2. The van der Waals surface area contributed by atoms with Gasteiger partial charge in [-0.2, -0.15) is 0 Å². The summed E-state index contributed by atoms with van der Waals surface area (Å²) in [6, 6.07) is 24.9. The number of rotatable bonds is 12. The van der Waals surface area contributed by atoms with Gasteiger partial charge in [-0.15, -0.1) is 0 Å². The first-order valence-corrected chi connectivity index (χ1v) is 17.5. The van der Waals surface area contributed by atoms with Crippen molar-refractivity contribution in [1.82, 2.24) is 0 Å². The quantitative estimate of drug-likeness (QED) is 0.0933. The Kier molecular flexibility index (Phi) is 10.7. The molecule has 0 saturated carbocycles. The predicted molar refractivity (Wildman–Crippen MR) is 192 cm³/mol. The summed E-state index contributed by atoms with van der Waals surface area (Å²) in [6.45, 7) is 4.43. The zero-order valence-corrected chi connectivity index (χ0v) is 28.9. The van der Waals surface area contributed by atoms with Crippen LogP contribution in [0, 0.1) is 7.14 Å². The van der Waals surface area contributed by atoms with Gasteiger partial charge < -0.3 is 0 Å². The van der Waals surface area contributed by atoms with Crippen LogP contribution in [0.15, 0.2) is 72.8 Å². The maximum Gasteiger partial charge on any atom is 0.195 e. The zero-order chi connectivity index (χ0) is 29.6. The van der Waals surface area contributed by atoms with Crippen LogP contribution in [0.1, 0.15) is 108 Å². The molecule has 0 atom stereocenters. The Morgan fingerprint density at radius 2 is 0.833 bits per heavy atom. The highest BCUT2D eigenvalue weighted by atomic mass is 127. The van der Waals surface area contributed by atoms with Crippen molar-refractivity contribution in [2.24, 2.45) is 0 Å². The molecule has 0 aromatic heterocycles. The molecule has 0 saturated heterocycles. The first-order chi connectivity index (χ1) is 20.4. The third kappa shape index (κ3) is 6.59. The van der Waals surface area contributed by atoms with Crippen molar-refractivity contribution in [1.29, 1.82) is 0 Å². The predicted octanol–water partition coefficient (Wildman–Crippen LogP) is 11.3. The Bertz CT molecular complexity index is 1460. The molecular formula is C38H38I2O2. The molecule has 216 valence electrons. The van der Waals surface area contributed by atoms with E-state index in [0.29, 0.717) is 22.3 Å². The second-order valence-corrected chi connectivity index (χ2v) is 13.8. The minimum absolute atomic E-state index is 0.00131. The first kappa shape index (κ1) is 31.1. The van der Waals surface area contributed by atoms with Gasteiger partial charge in [0, 0.05) is 29.4 Å². The normalized spacial score (nSPS) is 12.4. The summed E-state index contributed by atoms with van der Waals surface area (Å²) in [4.78, 5) is 29.7. The molecule has 4 aromatic rings. The Hall–Kier alpha value is -2.32. The fraction of sp³-hybridized carbons (Fsp3) is 0.316. The van der Waals surface area contributed by atoms with Gasteiger partial charge in [-0.3, -0.25) is 9.59 Å². The summed E-state index contributed by atoms with van der Waals surface area (Å²) in [5.74, 6) is 0.00261. The van der Waals surface area contributed by atoms with Gasteiger partial charge in [0.05, 0.1) is 0 Å². The number of hydrogen-bond acceptors (Lipinski definition) is 2. The van der Waals surface area contributed by atoms with Crippen molar-refractivity contribution in [3.63, 3.8) is 0 Å². The number of carbonyl (C=O) groups is 2. The van der Waals surface area contributed by atoms with Crippen LogP contribution in [0.5, 0.6) is 0 Å². The molecule has 4 aromatic carbocycles. The number of benzene rings is 4. The van der Waals surface area contributed by atoms with Crippen molar-refractivity contribution < 1.29 is 9.59 Å². The summed E-state index contributed by atoms with van der Waals surface area (Å²) in [6.07, 6.45) is 10.7. The molecule has 0 spiro atoms. The number of hydrogen-bond donors (Lipinski definition) is 0. The molecule has 0 bridgehead atoms. The van der Waals surface area contributed by atoms with Crippen molar-refractivity contribution in [3.8, 4) is 22.3 Å². The fourth-order valence-electron chi connectivity index (χ4n) is 6.17. The Balaban J connectivity index is 1.72. The summed E-state index contributed by atoms with van der Waals surface area (Å²) in [5.41, 5.74) is 8.08. The van der Waals surface area contributed by atoms with Gasteiger partial charge in [0.2, 0.25) is 0 Å². The Labute approximate surface area is 278 Å². The van der Waals surface area contributed by atoms with E-state index in [1.165, 1.54) is 25.7 Å². The second-order valence-electron chi connectivity index (χ2n) is 11.3. The van der Waals surface area contributed by atoms with Crippen LogP contribution < -0.4 is 0 Å². The molecule has 0 N–H and O–H groups in total. The lowest BCUT2D eigenvalue weighted by molar-refractivity contribution is 0.0978. The molecule has 0 radical (unpaired) electrons. The highest BCUT2D eigenvalue weighted by Crippen LogP contribution is 2.42. The lowest BCUT2D eigenvalue weighted by Gasteiger charge is -2.27. The maximum absolute atomic E-state index is 14.8. The molecule has 2 nitrogen and oxygen atoms in total. The van der Waals surface area contributed by atoms with Gasteiger partial charge in [-0.25, -0.2) is 0 Å². The monoisotopic (exact) mass is 780 g/mol. The van der Waals surface area contributed by atoms with Crippen LogP contribution in [-0.4, -0.2) is 11.6 Å². The molecule has 0 heterocycles. The number of carbonyl (C=O) groups excluding carboxylic acids is 2. The number of halogens is 2. The first-order valence-electron chi connectivity index (χ1n) is 15.4. The maximum atomic E-state index is 14.8. The van der Waals surface area contributed by atoms with Crippen LogP contribution in [0.2, 0.25) is 0 Å². The van der Waals surface area contributed by atoms with Crippen molar-refractivity contribution >= 4 is 56.7 Å². The van der Waals surface area contributed by atoms with E-state index in [0.717, 1.165) is 79.0 Å². The largest absolute Gasteiger partial charge is 0.289 e. The van der Waals surface area contributed by atoms with E-state index in [1.54, 1.807) is 0 Å². The molecule has 42 heavy (non-hydrogen) atoms. The van der Waals surface area contributed by atoms with Gasteiger partial charge in [0.1, 0.15) is 0 Å². The molecule has 0 aliphatic heterocycles. The van der Waals surface area contributed by atoms with Gasteiger partial charge >= 0.3 is 0 Å². The number of ketones is 2. The third-order valence-corrected chi connectivity index (χ3v) is 9.84. The fourth-order valence-corrected chi connectivity index (χ4v) is 6.89. The van der Waals surface area contributed by atoms with E-state index in [4.69, 9.17) is 0 Å². The molecular weight excluding hydrogens is 742 g/mol. The van der Waals surface area contributed by atoms with E-state index < -0.39 is 0 Å². The minimum atomic E-state index is 0.00131. The van der Waals surface area contributed by atoms with E-state index >= 15 is 0 Å². The Morgan fingerprint density at radius 1 is 0.452 bits per heavy atom. The van der Waals surface area contributed by atoms with E-state index in [9.17, 15) is 9.59 Å². The summed E-state index contributed by atoms with van der Waals surface area (Å²) in [5, 5.41) is 0. The molecule has 0 amide bonds. The average Bonchev–Trinajstić information content (AvgIpc) is 3.00. The summed E-state index contributed by atoms with van der Waals surface area (Å²) < 4.78 is 2.27. The molecule has 1 aliphatic carbocycles. The van der Waals surface area contributed by atoms with Crippen LogP contribution in [-0.2, 0) is 12.8 Å². The minimum Gasteiger partial charge on any atom is -0.289 e. The van der Waals surface area contributed by atoms with Crippen molar-refractivity contribution in [3.05, 3.63) is 113 Å². The van der Waals surface area contributed by atoms with Gasteiger partial charge in [-0.05, 0) is 129 Å². The molecule has 1 aliphatic rings. The van der Waals surface area contributed by atoms with E-state index in [-0.39, 0.29) is 11.6 Å². The van der Waals surface area contributed by atoms with Crippen LogP contribution in [0.3, 0.4) is 0 Å². The highest BCUT2D eigenvalue weighted by Gasteiger charge is 2.37. The van der Waals surface area contributed by atoms with Gasteiger partial charge in [0.15, 0.2) is 11.6 Å². The smallest absolute Gasteiger partial charge is 0.195 e. The Morgan fingerprint density at radius 3 is 1.19 bits per heavy atom. The second kappa shape index (κ2) is 14.4. The van der Waals surface area contributed by atoms with Crippen LogP contribution in [0.25, 0.3) is 22.3 Å². The SMILES string of the molecule is CCCCCCc1ccc(CCCCCC)c2c1C(=O)c1c(-c3ccc(I)cc3)ccc(-c3ccc(I)cc3)c1C2=O. The van der Waals surface area contributed by atoms with E-state index in [1.807, 2.05) is 12.1 Å². The zero-order valence-electron chi connectivity index (χ0n) is 24.6. The van der Waals surface area contributed by atoms with E-state index in [2.05, 4.69) is 120 Å². The van der Waals surface area contributed by atoms with Crippen molar-refractivity contribution in [2.75, 3.05) is 0 Å². The standard InChI is InChI=1S/C38H38I2O2/c1-3-5-7-9-11-27-13-14-28(12-10-8-6-4-2)34-33(27)37(41)35-31(25-15-19-29(39)20-16-25)23-24-32(36(35)38(34)42)26-17-21-30(40)22-18-26/h13-24H,3-12H2,1-2H3. The number of aryl methyl sites for hydroxylation is 2. The average molecular weight is 781 g/mol. The molecule has 0 unspecified atom stereocenters. The van der Waals surface area contributed by atoms with Crippen LogP contribution >= 0.6 is 45.2 Å². The highest BCUT2D eigenvalue weighted by molar-refractivity contribution is 14.1. The van der Waals surface area contributed by atoms with Gasteiger partial charge in [-0.1, -0.05) is 101 Å². The third-order valence-electron chi connectivity index (χ3n) is 8.40. The lowest BCUT2D eigenvalue weighted by atomic mass is 9.73. The molecule has 4 heteroatoms.